The molecule has 2 amide bonds. The highest BCUT2D eigenvalue weighted by molar-refractivity contribution is 7.12. The molecule has 1 unspecified atom stereocenters. The van der Waals surface area contributed by atoms with Crippen molar-refractivity contribution in [2.24, 2.45) is 0 Å². The van der Waals surface area contributed by atoms with E-state index in [2.05, 4.69) is 16.7 Å². The lowest BCUT2D eigenvalue weighted by atomic mass is 9.84. The first-order valence-electron chi connectivity index (χ1n) is 9.34. The van der Waals surface area contributed by atoms with Crippen LogP contribution in [-0.2, 0) is 15.0 Å². The molecule has 144 valence electrons. The standard InChI is InChI=1S/C21H26N2O3S/c1-14-5-7-16(8-6-14)23-20(26)19(25)22-13-21(11-3-4-12-21)18-10-9-17(27-18)15(2)24/h5-10,15,24H,3-4,11-13H2,1-2H3,(H,22,25)(H,23,26). The fourth-order valence-electron chi connectivity index (χ4n) is 3.58. The number of aryl methyl sites for hydroxylation is 1. The van der Waals surface area contributed by atoms with Gasteiger partial charge in [-0.3, -0.25) is 9.59 Å². The molecule has 1 atom stereocenters. The average molecular weight is 387 g/mol. The quantitative estimate of drug-likeness (QED) is 0.686. The first-order valence-corrected chi connectivity index (χ1v) is 10.2. The normalized spacial score (nSPS) is 16.7. The highest BCUT2D eigenvalue weighted by Gasteiger charge is 2.37. The van der Waals surface area contributed by atoms with Gasteiger partial charge in [0, 0.05) is 27.4 Å². The molecule has 1 saturated carbocycles. The maximum absolute atomic E-state index is 12.3. The van der Waals surface area contributed by atoms with Crippen LogP contribution in [0.3, 0.4) is 0 Å². The maximum atomic E-state index is 12.3. The number of thiophene rings is 1. The summed E-state index contributed by atoms with van der Waals surface area (Å²) in [7, 11) is 0. The van der Waals surface area contributed by atoms with E-state index in [0.717, 1.165) is 36.1 Å². The second kappa shape index (κ2) is 8.23. The summed E-state index contributed by atoms with van der Waals surface area (Å²) in [6.07, 6.45) is 3.68. The number of hydrogen-bond acceptors (Lipinski definition) is 4. The largest absolute Gasteiger partial charge is 0.388 e. The van der Waals surface area contributed by atoms with Gasteiger partial charge in [-0.05, 0) is 51.0 Å². The Hall–Kier alpha value is -2.18. The van der Waals surface area contributed by atoms with E-state index >= 15 is 0 Å². The molecule has 0 bridgehead atoms. The molecule has 6 heteroatoms. The Bertz CT molecular complexity index is 805. The van der Waals surface area contributed by atoms with E-state index in [0.29, 0.717) is 12.2 Å². The minimum absolute atomic E-state index is 0.141. The molecule has 3 rings (SSSR count). The Morgan fingerprint density at radius 2 is 1.78 bits per heavy atom. The van der Waals surface area contributed by atoms with Crippen molar-refractivity contribution in [1.82, 2.24) is 5.32 Å². The predicted molar refractivity (Wildman–Crippen MR) is 108 cm³/mol. The van der Waals surface area contributed by atoms with Crippen molar-refractivity contribution in [2.45, 2.75) is 51.0 Å². The lowest BCUT2D eigenvalue weighted by molar-refractivity contribution is -0.136. The second-order valence-corrected chi connectivity index (χ2v) is 8.48. The molecule has 0 radical (unpaired) electrons. The average Bonchev–Trinajstić information content (AvgIpc) is 3.31. The van der Waals surface area contributed by atoms with Crippen LogP contribution in [0.2, 0.25) is 0 Å². The number of carbonyl (C=O) groups is 2. The molecule has 1 aromatic carbocycles. The van der Waals surface area contributed by atoms with Gasteiger partial charge in [0.05, 0.1) is 6.10 Å². The lowest BCUT2D eigenvalue weighted by Crippen LogP contribution is -2.43. The second-order valence-electron chi connectivity index (χ2n) is 7.37. The van der Waals surface area contributed by atoms with Crippen LogP contribution >= 0.6 is 11.3 Å². The van der Waals surface area contributed by atoms with E-state index in [1.165, 1.54) is 4.88 Å². The summed E-state index contributed by atoms with van der Waals surface area (Å²) in [5.41, 5.74) is 1.56. The van der Waals surface area contributed by atoms with Crippen molar-refractivity contribution in [3.05, 3.63) is 51.7 Å². The van der Waals surface area contributed by atoms with Crippen LogP contribution in [0.1, 0.15) is 54.0 Å². The Kier molecular flexibility index (Phi) is 5.97. The van der Waals surface area contributed by atoms with Gasteiger partial charge in [0.1, 0.15) is 0 Å². The number of rotatable bonds is 5. The molecule has 2 aromatic rings. The molecule has 1 aliphatic carbocycles. The Balaban J connectivity index is 1.64. The third kappa shape index (κ3) is 4.57. The van der Waals surface area contributed by atoms with E-state index in [1.807, 2.05) is 25.1 Å². The molecule has 1 aliphatic rings. The number of amides is 2. The van der Waals surface area contributed by atoms with Crippen molar-refractivity contribution in [2.75, 3.05) is 11.9 Å². The number of benzene rings is 1. The van der Waals surface area contributed by atoms with Crippen LogP contribution in [0.15, 0.2) is 36.4 Å². The van der Waals surface area contributed by atoms with Crippen LogP contribution in [0.4, 0.5) is 5.69 Å². The first kappa shape index (κ1) is 19.6. The van der Waals surface area contributed by atoms with Crippen molar-refractivity contribution < 1.29 is 14.7 Å². The fraction of sp³-hybridized carbons (Fsp3) is 0.429. The zero-order valence-electron chi connectivity index (χ0n) is 15.7. The Morgan fingerprint density at radius 1 is 1.11 bits per heavy atom. The van der Waals surface area contributed by atoms with E-state index in [1.54, 1.807) is 30.4 Å². The Morgan fingerprint density at radius 3 is 2.37 bits per heavy atom. The van der Waals surface area contributed by atoms with Gasteiger partial charge < -0.3 is 15.7 Å². The number of anilines is 1. The van der Waals surface area contributed by atoms with Gasteiger partial charge in [0.15, 0.2) is 0 Å². The molecule has 0 spiro atoms. The molecular weight excluding hydrogens is 360 g/mol. The minimum atomic E-state index is -0.650. The predicted octanol–water partition coefficient (Wildman–Crippen LogP) is 3.68. The number of hydrogen-bond donors (Lipinski definition) is 3. The van der Waals surface area contributed by atoms with Crippen LogP contribution in [0.5, 0.6) is 0 Å². The number of aliphatic hydroxyl groups is 1. The van der Waals surface area contributed by atoms with Gasteiger partial charge in [-0.25, -0.2) is 0 Å². The van der Waals surface area contributed by atoms with Crippen LogP contribution < -0.4 is 10.6 Å². The fourth-order valence-corrected chi connectivity index (χ4v) is 4.77. The van der Waals surface area contributed by atoms with Crippen LogP contribution in [0.25, 0.3) is 0 Å². The van der Waals surface area contributed by atoms with E-state index in [4.69, 9.17) is 0 Å². The monoisotopic (exact) mass is 386 g/mol. The first-order chi connectivity index (χ1) is 12.9. The molecule has 1 fully saturated rings. The van der Waals surface area contributed by atoms with Crippen molar-refractivity contribution >= 4 is 28.8 Å². The van der Waals surface area contributed by atoms with Gasteiger partial charge in [0.25, 0.3) is 0 Å². The molecule has 0 aliphatic heterocycles. The van der Waals surface area contributed by atoms with Crippen LogP contribution in [0, 0.1) is 6.92 Å². The van der Waals surface area contributed by atoms with Crippen molar-refractivity contribution in [1.29, 1.82) is 0 Å². The third-order valence-electron chi connectivity index (χ3n) is 5.22. The molecule has 0 saturated heterocycles. The zero-order valence-corrected chi connectivity index (χ0v) is 16.6. The molecule has 1 aromatic heterocycles. The molecular formula is C21H26N2O3S. The SMILES string of the molecule is Cc1ccc(NC(=O)C(=O)NCC2(c3ccc(C(C)O)s3)CCCC2)cc1. The number of nitrogens with one attached hydrogen (secondary N) is 2. The van der Waals surface area contributed by atoms with Gasteiger partial charge in [0.2, 0.25) is 0 Å². The van der Waals surface area contributed by atoms with E-state index in [-0.39, 0.29) is 5.41 Å². The molecule has 1 heterocycles. The summed E-state index contributed by atoms with van der Waals surface area (Å²) in [6, 6.07) is 11.3. The van der Waals surface area contributed by atoms with Gasteiger partial charge in [-0.2, -0.15) is 0 Å². The summed E-state index contributed by atoms with van der Waals surface area (Å²) in [4.78, 5) is 26.6. The highest BCUT2D eigenvalue weighted by Crippen LogP contribution is 2.44. The van der Waals surface area contributed by atoms with E-state index < -0.39 is 17.9 Å². The smallest absolute Gasteiger partial charge is 0.313 e. The summed E-state index contributed by atoms with van der Waals surface area (Å²) < 4.78 is 0. The van der Waals surface area contributed by atoms with Gasteiger partial charge in [-0.1, -0.05) is 30.5 Å². The van der Waals surface area contributed by atoms with Gasteiger partial charge in [-0.15, -0.1) is 11.3 Å². The van der Waals surface area contributed by atoms with Gasteiger partial charge >= 0.3 is 11.8 Å². The minimum Gasteiger partial charge on any atom is -0.388 e. The van der Waals surface area contributed by atoms with Crippen LogP contribution in [-0.4, -0.2) is 23.5 Å². The summed E-state index contributed by atoms with van der Waals surface area (Å²) in [5, 5.41) is 15.3. The summed E-state index contributed by atoms with van der Waals surface area (Å²) in [6.45, 7) is 4.16. The van der Waals surface area contributed by atoms with E-state index in [9.17, 15) is 14.7 Å². The van der Waals surface area contributed by atoms with Crippen molar-refractivity contribution in [3.8, 4) is 0 Å². The summed E-state index contributed by atoms with van der Waals surface area (Å²) >= 11 is 1.60. The number of carbonyl (C=O) groups excluding carboxylic acids is 2. The molecule has 5 nitrogen and oxygen atoms in total. The van der Waals surface area contributed by atoms with Crippen molar-refractivity contribution in [3.63, 3.8) is 0 Å². The Labute approximate surface area is 163 Å². The maximum Gasteiger partial charge on any atom is 0.313 e. The highest BCUT2D eigenvalue weighted by atomic mass is 32.1. The topological polar surface area (TPSA) is 78.4 Å². The molecule has 3 N–H and O–H groups in total. The number of aliphatic hydroxyl groups excluding tert-OH is 1. The zero-order chi connectivity index (χ0) is 19.4. The molecule has 27 heavy (non-hydrogen) atoms. The third-order valence-corrected chi connectivity index (χ3v) is 6.73. The summed E-state index contributed by atoms with van der Waals surface area (Å²) in [5.74, 6) is -1.27. The lowest BCUT2D eigenvalue weighted by Gasteiger charge is -2.28.